The minimum atomic E-state index is 0.682. The van der Waals surface area contributed by atoms with Gasteiger partial charge in [-0.2, -0.15) is 0 Å². The number of benzene rings is 2. The highest BCUT2D eigenvalue weighted by atomic mass is 16.5. The molecule has 0 bridgehead atoms. The Balaban J connectivity index is 1.58. The number of nitrogens with one attached hydrogen (secondary N) is 2. The van der Waals surface area contributed by atoms with Gasteiger partial charge >= 0.3 is 0 Å². The van der Waals surface area contributed by atoms with Crippen molar-refractivity contribution in [1.82, 2.24) is 0 Å². The number of hydrogen-bond acceptors (Lipinski definition) is 3. The summed E-state index contributed by atoms with van der Waals surface area (Å²) in [6.45, 7) is 9.00. The molecule has 0 amide bonds. The molecule has 3 rings (SSSR count). The zero-order valence-corrected chi connectivity index (χ0v) is 17.6. The third-order valence-corrected chi connectivity index (χ3v) is 5.78. The van der Waals surface area contributed by atoms with Gasteiger partial charge in [-0.15, -0.1) is 0 Å². The Kier molecular flexibility index (Phi) is 7.18. The molecule has 2 aromatic carbocycles. The third-order valence-electron chi connectivity index (χ3n) is 5.78. The second-order valence-corrected chi connectivity index (χ2v) is 7.52. The lowest BCUT2D eigenvalue weighted by Gasteiger charge is -2.30. The van der Waals surface area contributed by atoms with Gasteiger partial charge < -0.3 is 24.0 Å². The summed E-state index contributed by atoms with van der Waals surface area (Å²) in [5.74, 6) is 2.18. The van der Waals surface area contributed by atoms with Crippen molar-refractivity contribution < 1.29 is 24.0 Å². The van der Waals surface area contributed by atoms with Gasteiger partial charge in [-0.05, 0) is 24.1 Å². The Hall–Kier alpha value is -2.24. The standard InChI is InChI=1S/C23H32N2O3/c1-5-18-6-8-19(9-7-18)16-24-12-14-25(15-13-24)17-20-10-11-21(26-2)23(28-4)22(20)27-3/h6-11H,5,12-17H2,1-4H3/p+2. The molecule has 0 aromatic heterocycles. The molecule has 1 saturated heterocycles. The van der Waals surface area contributed by atoms with Crippen LogP contribution in [-0.2, 0) is 19.5 Å². The summed E-state index contributed by atoms with van der Waals surface area (Å²) in [5, 5.41) is 0. The van der Waals surface area contributed by atoms with Crippen molar-refractivity contribution in [2.75, 3.05) is 47.5 Å². The highest BCUT2D eigenvalue weighted by molar-refractivity contribution is 5.55. The second kappa shape index (κ2) is 9.80. The molecule has 152 valence electrons. The van der Waals surface area contributed by atoms with E-state index in [0.29, 0.717) is 11.5 Å². The maximum Gasteiger partial charge on any atom is 0.203 e. The van der Waals surface area contributed by atoms with E-state index in [1.807, 2.05) is 6.07 Å². The zero-order chi connectivity index (χ0) is 19.9. The van der Waals surface area contributed by atoms with Crippen LogP contribution in [0, 0.1) is 0 Å². The van der Waals surface area contributed by atoms with Crippen LogP contribution in [0.2, 0.25) is 0 Å². The highest BCUT2D eigenvalue weighted by Crippen LogP contribution is 2.39. The van der Waals surface area contributed by atoms with Crippen molar-refractivity contribution in [1.29, 1.82) is 0 Å². The van der Waals surface area contributed by atoms with Crippen LogP contribution in [-0.4, -0.2) is 47.5 Å². The molecule has 1 aliphatic rings. The summed E-state index contributed by atoms with van der Waals surface area (Å²) >= 11 is 0. The molecular formula is C23H34N2O3+2. The van der Waals surface area contributed by atoms with E-state index < -0.39 is 0 Å². The van der Waals surface area contributed by atoms with Crippen LogP contribution in [0.15, 0.2) is 36.4 Å². The monoisotopic (exact) mass is 386 g/mol. The summed E-state index contributed by atoms with van der Waals surface area (Å²) in [7, 11) is 5.01. The molecule has 1 heterocycles. The van der Waals surface area contributed by atoms with Crippen molar-refractivity contribution in [3.05, 3.63) is 53.1 Å². The van der Waals surface area contributed by atoms with Crippen LogP contribution in [0.5, 0.6) is 17.2 Å². The molecule has 1 aliphatic heterocycles. The lowest BCUT2D eigenvalue weighted by Crippen LogP contribution is -3.27. The Morgan fingerprint density at radius 3 is 1.79 bits per heavy atom. The summed E-state index contributed by atoms with van der Waals surface area (Å²) < 4.78 is 16.6. The van der Waals surface area contributed by atoms with E-state index in [9.17, 15) is 0 Å². The van der Waals surface area contributed by atoms with Gasteiger partial charge in [0.15, 0.2) is 11.5 Å². The van der Waals surface area contributed by atoms with E-state index >= 15 is 0 Å². The van der Waals surface area contributed by atoms with Gasteiger partial charge in [0.05, 0.1) is 26.9 Å². The summed E-state index contributed by atoms with van der Waals surface area (Å²) in [6.07, 6.45) is 1.11. The third kappa shape index (κ3) is 4.78. The number of hydrogen-bond donors (Lipinski definition) is 2. The SMILES string of the molecule is CCc1ccc(C[NH+]2CC[NH+](Cc3ccc(OC)c(OC)c3OC)CC2)cc1. The minimum Gasteiger partial charge on any atom is -0.493 e. The lowest BCUT2D eigenvalue weighted by atomic mass is 10.1. The van der Waals surface area contributed by atoms with E-state index in [4.69, 9.17) is 14.2 Å². The summed E-state index contributed by atoms with van der Waals surface area (Å²) in [5.41, 5.74) is 4.03. The van der Waals surface area contributed by atoms with Crippen LogP contribution in [0.4, 0.5) is 0 Å². The topological polar surface area (TPSA) is 36.6 Å². The number of methoxy groups -OCH3 is 3. The smallest absolute Gasteiger partial charge is 0.203 e. The first-order valence-electron chi connectivity index (χ1n) is 10.2. The number of piperazine rings is 1. The molecule has 1 fully saturated rings. The summed E-state index contributed by atoms with van der Waals surface area (Å²) in [6, 6.07) is 13.2. The molecule has 0 aliphatic carbocycles. The number of aryl methyl sites for hydroxylation is 1. The maximum atomic E-state index is 5.65. The van der Waals surface area contributed by atoms with Gasteiger partial charge in [-0.25, -0.2) is 0 Å². The molecular weight excluding hydrogens is 352 g/mol. The largest absolute Gasteiger partial charge is 0.493 e. The van der Waals surface area contributed by atoms with Gasteiger partial charge in [0.1, 0.15) is 39.3 Å². The zero-order valence-electron chi connectivity index (χ0n) is 17.6. The Morgan fingerprint density at radius 1 is 0.679 bits per heavy atom. The quantitative estimate of drug-likeness (QED) is 0.703. The van der Waals surface area contributed by atoms with Crippen LogP contribution in [0.1, 0.15) is 23.6 Å². The van der Waals surface area contributed by atoms with Crippen molar-refractivity contribution in [3.8, 4) is 17.2 Å². The van der Waals surface area contributed by atoms with Crippen molar-refractivity contribution in [2.24, 2.45) is 0 Å². The molecule has 28 heavy (non-hydrogen) atoms. The average Bonchev–Trinajstić information content (AvgIpc) is 2.75. The first kappa shape index (κ1) is 20.5. The molecule has 0 unspecified atom stereocenters. The van der Waals surface area contributed by atoms with E-state index in [1.54, 1.807) is 31.1 Å². The Labute approximate surface area is 168 Å². The van der Waals surface area contributed by atoms with Gasteiger partial charge in [0.25, 0.3) is 0 Å². The fourth-order valence-corrected chi connectivity index (χ4v) is 4.06. The molecule has 0 saturated carbocycles. The fraction of sp³-hybridized carbons (Fsp3) is 0.478. The van der Waals surface area contributed by atoms with E-state index in [1.165, 1.54) is 42.9 Å². The Morgan fingerprint density at radius 2 is 1.25 bits per heavy atom. The average molecular weight is 387 g/mol. The van der Waals surface area contributed by atoms with Gasteiger partial charge in [0, 0.05) is 5.56 Å². The fourth-order valence-electron chi connectivity index (χ4n) is 4.06. The number of rotatable bonds is 8. The van der Waals surface area contributed by atoms with Crippen LogP contribution < -0.4 is 24.0 Å². The van der Waals surface area contributed by atoms with E-state index in [-0.39, 0.29) is 0 Å². The molecule has 0 radical (unpaired) electrons. The molecule has 5 nitrogen and oxygen atoms in total. The first-order valence-corrected chi connectivity index (χ1v) is 10.2. The molecule has 5 heteroatoms. The minimum absolute atomic E-state index is 0.682. The summed E-state index contributed by atoms with van der Waals surface area (Å²) in [4.78, 5) is 3.27. The molecule has 2 N–H and O–H groups in total. The predicted molar refractivity (Wildman–Crippen MR) is 111 cm³/mol. The normalized spacial score (nSPS) is 19.3. The van der Waals surface area contributed by atoms with Crippen LogP contribution in [0.25, 0.3) is 0 Å². The number of ether oxygens (including phenoxy) is 3. The van der Waals surface area contributed by atoms with E-state index in [2.05, 4.69) is 37.3 Å². The molecule has 2 aromatic rings. The number of quaternary nitrogens is 2. The first-order chi connectivity index (χ1) is 13.7. The Bertz CT molecular complexity index is 753. The van der Waals surface area contributed by atoms with Crippen LogP contribution >= 0.6 is 0 Å². The van der Waals surface area contributed by atoms with Crippen LogP contribution in [0.3, 0.4) is 0 Å². The van der Waals surface area contributed by atoms with E-state index in [0.717, 1.165) is 25.3 Å². The lowest BCUT2D eigenvalue weighted by molar-refractivity contribution is -1.02. The van der Waals surface area contributed by atoms with Crippen molar-refractivity contribution in [3.63, 3.8) is 0 Å². The predicted octanol–water partition coefficient (Wildman–Crippen LogP) is 0.758. The van der Waals surface area contributed by atoms with Gasteiger partial charge in [-0.3, -0.25) is 0 Å². The molecule has 0 spiro atoms. The van der Waals surface area contributed by atoms with Crippen molar-refractivity contribution >= 4 is 0 Å². The van der Waals surface area contributed by atoms with Gasteiger partial charge in [-0.1, -0.05) is 31.2 Å². The second-order valence-electron chi connectivity index (χ2n) is 7.52. The van der Waals surface area contributed by atoms with Gasteiger partial charge in [0.2, 0.25) is 5.75 Å². The maximum absolute atomic E-state index is 5.65. The molecule has 0 atom stereocenters. The highest BCUT2D eigenvalue weighted by Gasteiger charge is 2.25. The van der Waals surface area contributed by atoms with Crippen molar-refractivity contribution in [2.45, 2.75) is 26.4 Å².